The first-order valence-electron chi connectivity index (χ1n) is 8.35. The first-order chi connectivity index (χ1) is 12.2. The molecule has 0 bridgehead atoms. The average molecular weight is 322 g/mol. The van der Waals surface area contributed by atoms with Crippen LogP contribution in [0.1, 0.15) is 0 Å². The van der Waals surface area contributed by atoms with Gasteiger partial charge in [-0.3, -0.25) is 0 Å². The van der Waals surface area contributed by atoms with Crippen LogP contribution in [0.4, 0.5) is 0 Å². The Morgan fingerprint density at radius 2 is 1.16 bits per heavy atom. The Hall–Kier alpha value is -2.88. The normalized spacial score (nSPS) is 11.6. The molecular formula is C22H15BO2. The van der Waals surface area contributed by atoms with Crippen LogP contribution >= 0.6 is 0 Å². The second kappa shape index (κ2) is 5.31. The number of hydrogen-bond acceptors (Lipinski definition) is 2. The Morgan fingerprint density at radius 3 is 1.84 bits per heavy atom. The zero-order chi connectivity index (χ0) is 17.0. The van der Waals surface area contributed by atoms with Crippen molar-refractivity contribution in [2.24, 2.45) is 0 Å². The van der Waals surface area contributed by atoms with Gasteiger partial charge in [-0.1, -0.05) is 78.9 Å². The van der Waals surface area contributed by atoms with Crippen LogP contribution in [0.5, 0.6) is 0 Å². The predicted octanol–water partition coefficient (Wildman–Crippen LogP) is 3.93. The molecule has 0 heterocycles. The number of hydrogen-bond donors (Lipinski definition) is 2. The fraction of sp³-hybridized carbons (Fsp3) is 0. The van der Waals surface area contributed by atoms with Crippen molar-refractivity contribution in [3.8, 4) is 11.1 Å². The highest BCUT2D eigenvalue weighted by molar-refractivity contribution is 6.58. The molecule has 0 saturated heterocycles. The third-order valence-electron chi connectivity index (χ3n) is 5.05. The Labute approximate surface area is 145 Å². The van der Waals surface area contributed by atoms with Gasteiger partial charge in [-0.05, 0) is 48.9 Å². The largest absolute Gasteiger partial charge is 0.488 e. The fourth-order valence-corrected chi connectivity index (χ4v) is 3.82. The maximum atomic E-state index is 9.30. The molecular weight excluding hydrogens is 307 g/mol. The van der Waals surface area contributed by atoms with E-state index in [1.54, 1.807) is 12.1 Å². The van der Waals surface area contributed by atoms with Crippen LogP contribution in [0.25, 0.3) is 43.4 Å². The number of rotatable bonds is 2. The molecule has 0 aromatic heterocycles. The van der Waals surface area contributed by atoms with Crippen molar-refractivity contribution in [3.63, 3.8) is 0 Å². The van der Waals surface area contributed by atoms with Gasteiger partial charge in [-0.15, -0.1) is 0 Å². The highest BCUT2D eigenvalue weighted by atomic mass is 16.4. The summed E-state index contributed by atoms with van der Waals surface area (Å²) >= 11 is 0. The monoisotopic (exact) mass is 322 g/mol. The molecule has 2 N–H and O–H groups in total. The molecule has 25 heavy (non-hydrogen) atoms. The molecule has 2 nitrogen and oxygen atoms in total. The molecule has 5 aromatic carbocycles. The summed E-state index contributed by atoms with van der Waals surface area (Å²) in [6.45, 7) is 0. The van der Waals surface area contributed by atoms with E-state index in [1.807, 2.05) is 12.1 Å². The van der Waals surface area contributed by atoms with E-state index in [0.717, 1.165) is 11.1 Å². The van der Waals surface area contributed by atoms with Crippen molar-refractivity contribution in [1.82, 2.24) is 0 Å². The van der Waals surface area contributed by atoms with Crippen molar-refractivity contribution in [2.75, 3.05) is 0 Å². The van der Waals surface area contributed by atoms with Gasteiger partial charge < -0.3 is 10.0 Å². The van der Waals surface area contributed by atoms with Gasteiger partial charge in [-0.25, -0.2) is 0 Å². The van der Waals surface area contributed by atoms with Gasteiger partial charge in [0, 0.05) is 0 Å². The highest BCUT2D eigenvalue weighted by Gasteiger charge is 2.13. The zero-order valence-electron chi connectivity index (χ0n) is 13.5. The number of benzene rings is 5. The zero-order valence-corrected chi connectivity index (χ0v) is 13.5. The highest BCUT2D eigenvalue weighted by Crippen LogP contribution is 2.38. The van der Waals surface area contributed by atoms with Gasteiger partial charge in [0.15, 0.2) is 0 Å². The van der Waals surface area contributed by atoms with Gasteiger partial charge in [0.05, 0.1) is 0 Å². The summed E-state index contributed by atoms with van der Waals surface area (Å²) in [5.41, 5.74) is 2.73. The van der Waals surface area contributed by atoms with E-state index in [4.69, 9.17) is 0 Å². The Balaban J connectivity index is 1.84. The van der Waals surface area contributed by atoms with Crippen LogP contribution in [-0.4, -0.2) is 17.2 Å². The van der Waals surface area contributed by atoms with Crippen LogP contribution in [0.15, 0.2) is 78.9 Å². The molecule has 3 heteroatoms. The second-order valence-corrected chi connectivity index (χ2v) is 6.46. The van der Waals surface area contributed by atoms with Gasteiger partial charge in [0.2, 0.25) is 0 Å². The van der Waals surface area contributed by atoms with Crippen LogP contribution in [0, 0.1) is 0 Å². The van der Waals surface area contributed by atoms with Crippen LogP contribution < -0.4 is 5.46 Å². The molecule has 0 unspecified atom stereocenters. The fourth-order valence-electron chi connectivity index (χ4n) is 3.82. The maximum Gasteiger partial charge on any atom is 0.488 e. The van der Waals surface area contributed by atoms with Crippen LogP contribution in [0.2, 0.25) is 0 Å². The van der Waals surface area contributed by atoms with Crippen LogP contribution in [-0.2, 0) is 0 Å². The minimum atomic E-state index is -1.43. The van der Waals surface area contributed by atoms with E-state index in [1.165, 1.54) is 32.3 Å². The van der Waals surface area contributed by atoms with E-state index in [2.05, 4.69) is 54.6 Å². The lowest BCUT2D eigenvalue weighted by Gasteiger charge is -2.14. The smallest absolute Gasteiger partial charge is 0.423 e. The van der Waals surface area contributed by atoms with Crippen molar-refractivity contribution >= 4 is 44.9 Å². The van der Waals surface area contributed by atoms with Crippen molar-refractivity contribution in [3.05, 3.63) is 78.9 Å². The standard InChI is InChI=1S/C22H15BO2/c24-23(25)18-10-6-14(7-11-18)19-12-8-17-5-4-15-2-1-3-16-9-13-20(19)22(17)21(15)16/h1-13,24-25H. The minimum absolute atomic E-state index is 0.501. The van der Waals surface area contributed by atoms with Crippen molar-refractivity contribution < 1.29 is 10.0 Å². The third-order valence-corrected chi connectivity index (χ3v) is 5.05. The van der Waals surface area contributed by atoms with Gasteiger partial charge in [0.25, 0.3) is 0 Å². The van der Waals surface area contributed by atoms with E-state index in [-0.39, 0.29) is 0 Å². The maximum absolute atomic E-state index is 9.30. The lowest BCUT2D eigenvalue weighted by Crippen LogP contribution is -2.29. The summed E-state index contributed by atoms with van der Waals surface area (Å²) in [6.07, 6.45) is 0. The van der Waals surface area contributed by atoms with Gasteiger partial charge in [0.1, 0.15) is 0 Å². The third kappa shape index (κ3) is 2.14. The predicted molar refractivity (Wildman–Crippen MR) is 105 cm³/mol. The molecule has 5 rings (SSSR count). The summed E-state index contributed by atoms with van der Waals surface area (Å²) in [5, 5.41) is 26.2. The first kappa shape index (κ1) is 14.5. The summed E-state index contributed by atoms with van der Waals surface area (Å²) in [6, 6.07) is 26.9. The lowest BCUT2D eigenvalue weighted by atomic mass is 9.79. The Morgan fingerprint density at radius 1 is 0.560 bits per heavy atom. The molecule has 0 amide bonds. The van der Waals surface area contributed by atoms with E-state index < -0.39 is 7.12 Å². The van der Waals surface area contributed by atoms with E-state index in [9.17, 15) is 10.0 Å². The van der Waals surface area contributed by atoms with Gasteiger partial charge in [-0.2, -0.15) is 0 Å². The molecule has 5 aromatic rings. The Bertz CT molecular complexity index is 1190. The molecule has 0 atom stereocenters. The van der Waals surface area contributed by atoms with E-state index >= 15 is 0 Å². The molecule has 0 aliphatic rings. The summed E-state index contributed by atoms with van der Waals surface area (Å²) < 4.78 is 0. The van der Waals surface area contributed by atoms with Crippen molar-refractivity contribution in [1.29, 1.82) is 0 Å². The Kier molecular flexibility index (Phi) is 3.08. The quantitative estimate of drug-likeness (QED) is 0.382. The lowest BCUT2D eigenvalue weighted by molar-refractivity contribution is 0.426. The average Bonchev–Trinajstić information content (AvgIpc) is 2.66. The molecule has 0 aliphatic carbocycles. The molecule has 118 valence electrons. The van der Waals surface area contributed by atoms with E-state index in [0.29, 0.717) is 5.46 Å². The topological polar surface area (TPSA) is 40.5 Å². The molecule has 0 spiro atoms. The molecule has 0 aliphatic heterocycles. The first-order valence-corrected chi connectivity index (χ1v) is 8.35. The summed E-state index contributed by atoms with van der Waals surface area (Å²) in [4.78, 5) is 0. The molecule has 0 fully saturated rings. The van der Waals surface area contributed by atoms with Crippen molar-refractivity contribution in [2.45, 2.75) is 0 Å². The van der Waals surface area contributed by atoms with Gasteiger partial charge >= 0.3 is 7.12 Å². The molecule has 0 radical (unpaired) electrons. The molecule has 0 saturated carbocycles. The SMILES string of the molecule is OB(O)c1ccc(-c2ccc3ccc4cccc5ccc2c3c45)cc1. The summed E-state index contributed by atoms with van der Waals surface area (Å²) in [7, 11) is -1.43. The summed E-state index contributed by atoms with van der Waals surface area (Å²) in [5.74, 6) is 0. The minimum Gasteiger partial charge on any atom is -0.423 e. The van der Waals surface area contributed by atoms with Crippen LogP contribution in [0.3, 0.4) is 0 Å². The second-order valence-electron chi connectivity index (χ2n) is 6.46.